The van der Waals surface area contributed by atoms with Gasteiger partial charge in [0.2, 0.25) is 0 Å². The first-order chi connectivity index (χ1) is 10.1. The third-order valence-corrected chi connectivity index (χ3v) is 3.44. The third kappa shape index (κ3) is 4.56. The molecular formula is C16H21NO4. The van der Waals surface area contributed by atoms with Gasteiger partial charge in [0.15, 0.2) is 12.2 Å². The molecule has 1 saturated heterocycles. The Kier molecular flexibility index (Phi) is 5.33. The Balaban J connectivity index is 1.76. The molecule has 0 aliphatic carbocycles. The number of ether oxygens (including phenoxy) is 2. The quantitative estimate of drug-likeness (QED) is 0.839. The van der Waals surface area contributed by atoms with E-state index in [9.17, 15) is 9.59 Å². The standard InChI is InChI=1S/C16H21NO4/c1-11-5-7-13(8-6-11)10-17-15(18)12(2)21-16(19)14-4-3-9-20-14/h5-8,12,14H,3-4,9-10H2,1-2H3,(H,17,18)/t12-,14-/m1/s1. The van der Waals surface area contributed by atoms with Gasteiger partial charge in [0.1, 0.15) is 0 Å². The molecule has 0 unspecified atom stereocenters. The molecule has 2 rings (SSSR count). The molecule has 0 radical (unpaired) electrons. The van der Waals surface area contributed by atoms with E-state index in [-0.39, 0.29) is 5.91 Å². The zero-order valence-electron chi connectivity index (χ0n) is 12.4. The lowest BCUT2D eigenvalue weighted by molar-refractivity contribution is -0.163. The number of esters is 1. The fourth-order valence-electron chi connectivity index (χ4n) is 2.11. The van der Waals surface area contributed by atoms with Gasteiger partial charge in [0, 0.05) is 13.2 Å². The summed E-state index contributed by atoms with van der Waals surface area (Å²) in [7, 11) is 0. The highest BCUT2D eigenvalue weighted by Crippen LogP contribution is 2.14. The van der Waals surface area contributed by atoms with Crippen molar-refractivity contribution in [3.8, 4) is 0 Å². The average Bonchev–Trinajstić information content (AvgIpc) is 3.00. The second kappa shape index (κ2) is 7.22. The number of hydrogen-bond acceptors (Lipinski definition) is 4. The van der Waals surface area contributed by atoms with Crippen molar-refractivity contribution in [3.05, 3.63) is 35.4 Å². The van der Waals surface area contributed by atoms with Crippen LogP contribution in [0.1, 0.15) is 30.9 Å². The van der Waals surface area contributed by atoms with Crippen molar-refractivity contribution >= 4 is 11.9 Å². The van der Waals surface area contributed by atoms with Crippen molar-refractivity contribution in [1.82, 2.24) is 5.32 Å². The highest BCUT2D eigenvalue weighted by molar-refractivity contribution is 5.84. The number of carbonyl (C=O) groups excluding carboxylic acids is 2. The number of hydrogen-bond donors (Lipinski definition) is 1. The summed E-state index contributed by atoms with van der Waals surface area (Å²) in [6.45, 7) is 4.57. The second-order valence-electron chi connectivity index (χ2n) is 5.28. The van der Waals surface area contributed by atoms with Gasteiger partial charge < -0.3 is 14.8 Å². The predicted molar refractivity (Wildman–Crippen MR) is 77.6 cm³/mol. The summed E-state index contributed by atoms with van der Waals surface area (Å²) in [4.78, 5) is 23.6. The van der Waals surface area contributed by atoms with E-state index in [1.807, 2.05) is 31.2 Å². The molecule has 5 nitrogen and oxygen atoms in total. The summed E-state index contributed by atoms with van der Waals surface area (Å²) < 4.78 is 10.4. The van der Waals surface area contributed by atoms with Crippen molar-refractivity contribution in [2.75, 3.05) is 6.61 Å². The second-order valence-corrected chi connectivity index (χ2v) is 5.28. The molecule has 0 saturated carbocycles. The number of nitrogens with one attached hydrogen (secondary N) is 1. The van der Waals surface area contributed by atoms with E-state index in [1.54, 1.807) is 6.92 Å². The fraction of sp³-hybridized carbons (Fsp3) is 0.500. The normalized spacial score (nSPS) is 19.0. The number of benzene rings is 1. The monoisotopic (exact) mass is 291 g/mol. The maximum Gasteiger partial charge on any atom is 0.336 e. The first-order valence-corrected chi connectivity index (χ1v) is 7.21. The van der Waals surface area contributed by atoms with E-state index in [0.29, 0.717) is 19.6 Å². The molecule has 0 bridgehead atoms. The van der Waals surface area contributed by atoms with Crippen LogP contribution in [0.15, 0.2) is 24.3 Å². The van der Waals surface area contributed by atoms with Crippen LogP contribution >= 0.6 is 0 Å². The predicted octanol–water partition coefficient (Wildman–Crippen LogP) is 1.72. The molecule has 1 aromatic carbocycles. The number of rotatable bonds is 5. The van der Waals surface area contributed by atoms with Crippen LogP contribution in [-0.4, -0.2) is 30.7 Å². The molecule has 1 N–H and O–H groups in total. The lowest BCUT2D eigenvalue weighted by Gasteiger charge is -2.16. The van der Waals surface area contributed by atoms with Crippen LogP contribution in [0.3, 0.4) is 0 Å². The largest absolute Gasteiger partial charge is 0.451 e. The number of amides is 1. The van der Waals surface area contributed by atoms with E-state index in [4.69, 9.17) is 9.47 Å². The molecule has 1 fully saturated rings. The van der Waals surface area contributed by atoms with Crippen molar-refractivity contribution in [3.63, 3.8) is 0 Å². The molecule has 5 heteroatoms. The fourth-order valence-corrected chi connectivity index (χ4v) is 2.11. The van der Waals surface area contributed by atoms with E-state index < -0.39 is 18.2 Å². The Morgan fingerprint density at radius 3 is 2.71 bits per heavy atom. The first-order valence-electron chi connectivity index (χ1n) is 7.21. The SMILES string of the molecule is Cc1ccc(CNC(=O)[C@@H](C)OC(=O)[C@H]2CCCO2)cc1. The van der Waals surface area contributed by atoms with E-state index in [1.165, 1.54) is 5.56 Å². The Morgan fingerprint density at radius 2 is 2.10 bits per heavy atom. The van der Waals surface area contributed by atoms with Crippen LogP contribution in [0.4, 0.5) is 0 Å². The van der Waals surface area contributed by atoms with Crippen molar-refractivity contribution in [2.24, 2.45) is 0 Å². The van der Waals surface area contributed by atoms with Crippen LogP contribution in [0.2, 0.25) is 0 Å². The summed E-state index contributed by atoms with van der Waals surface area (Å²) in [5, 5.41) is 2.76. The summed E-state index contributed by atoms with van der Waals surface area (Å²) in [5.41, 5.74) is 2.18. The highest BCUT2D eigenvalue weighted by Gasteiger charge is 2.28. The Bertz CT molecular complexity index is 492. The van der Waals surface area contributed by atoms with Gasteiger partial charge in [0.05, 0.1) is 0 Å². The molecule has 1 aromatic rings. The molecule has 1 heterocycles. The highest BCUT2D eigenvalue weighted by atomic mass is 16.6. The van der Waals surface area contributed by atoms with Gasteiger partial charge in [-0.2, -0.15) is 0 Å². The van der Waals surface area contributed by atoms with Crippen LogP contribution < -0.4 is 5.32 Å². The summed E-state index contributed by atoms with van der Waals surface area (Å²) in [5.74, 6) is -0.757. The van der Waals surface area contributed by atoms with Gasteiger partial charge in [-0.15, -0.1) is 0 Å². The molecule has 1 aliphatic rings. The van der Waals surface area contributed by atoms with E-state index in [0.717, 1.165) is 12.0 Å². The van der Waals surface area contributed by atoms with Crippen molar-refractivity contribution < 1.29 is 19.1 Å². The molecule has 114 valence electrons. The maximum atomic E-state index is 11.9. The Labute approximate surface area is 124 Å². The minimum atomic E-state index is -0.813. The third-order valence-electron chi connectivity index (χ3n) is 3.44. The summed E-state index contributed by atoms with van der Waals surface area (Å²) >= 11 is 0. The Hall–Kier alpha value is -1.88. The van der Waals surface area contributed by atoms with Gasteiger partial charge in [-0.1, -0.05) is 29.8 Å². The van der Waals surface area contributed by atoms with E-state index in [2.05, 4.69) is 5.32 Å². The average molecular weight is 291 g/mol. The smallest absolute Gasteiger partial charge is 0.336 e. The molecule has 1 amide bonds. The van der Waals surface area contributed by atoms with Crippen molar-refractivity contribution in [1.29, 1.82) is 0 Å². The lowest BCUT2D eigenvalue weighted by Crippen LogP contribution is -2.37. The van der Waals surface area contributed by atoms with Gasteiger partial charge in [-0.3, -0.25) is 4.79 Å². The van der Waals surface area contributed by atoms with Crippen molar-refractivity contribution in [2.45, 2.75) is 45.4 Å². The van der Waals surface area contributed by atoms with Crippen LogP contribution in [-0.2, 0) is 25.6 Å². The molecule has 0 aromatic heterocycles. The zero-order chi connectivity index (χ0) is 15.2. The van der Waals surface area contributed by atoms with Gasteiger partial charge in [0.25, 0.3) is 5.91 Å². The first kappa shape index (κ1) is 15.5. The Morgan fingerprint density at radius 1 is 1.38 bits per heavy atom. The minimum absolute atomic E-state index is 0.304. The molecule has 21 heavy (non-hydrogen) atoms. The molecule has 2 atom stereocenters. The zero-order valence-corrected chi connectivity index (χ0v) is 12.4. The lowest BCUT2D eigenvalue weighted by atomic mass is 10.1. The summed E-state index contributed by atoms with van der Waals surface area (Å²) in [6.07, 6.45) is 0.189. The van der Waals surface area contributed by atoms with Crippen LogP contribution in [0, 0.1) is 6.92 Å². The topological polar surface area (TPSA) is 64.6 Å². The summed E-state index contributed by atoms with van der Waals surface area (Å²) in [6, 6.07) is 7.89. The minimum Gasteiger partial charge on any atom is -0.451 e. The number of carbonyl (C=O) groups is 2. The van der Waals surface area contributed by atoms with Crippen LogP contribution in [0.25, 0.3) is 0 Å². The van der Waals surface area contributed by atoms with Gasteiger partial charge in [-0.05, 0) is 32.3 Å². The maximum absolute atomic E-state index is 11.9. The number of aryl methyl sites for hydroxylation is 1. The van der Waals surface area contributed by atoms with Gasteiger partial charge >= 0.3 is 5.97 Å². The van der Waals surface area contributed by atoms with Crippen LogP contribution in [0.5, 0.6) is 0 Å². The molecule has 0 spiro atoms. The molecular weight excluding hydrogens is 270 g/mol. The molecule has 1 aliphatic heterocycles. The van der Waals surface area contributed by atoms with Gasteiger partial charge in [-0.25, -0.2) is 4.79 Å². The van der Waals surface area contributed by atoms with E-state index >= 15 is 0 Å².